The van der Waals surface area contributed by atoms with Gasteiger partial charge < -0.3 is 19.5 Å². The van der Waals surface area contributed by atoms with Crippen LogP contribution in [-0.2, 0) is 33.8 Å². The molecular formula is C23H26N4O7. The molecule has 34 heavy (non-hydrogen) atoms. The summed E-state index contributed by atoms with van der Waals surface area (Å²) < 4.78 is 17.5. The Labute approximate surface area is 194 Å². The van der Waals surface area contributed by atoms with Gasteiger partial charge in [-0.25, -0.2) is 9.78 Å². The predicted octanol–water partition coefficient (Wildman–Crippen LogP) is 0.497. The third-order valence-electron chi connectivity index (χ3n) is 5.10. The monoisotopic (exact) mass is 470 g/mol. The fourth-order valence-electron chi connectivity index (χ4n) is 3.45. The Kier molecular flexibility index (Phi) is 8.01. The van der Waals surface area contributed by atoms with E-state index in [4.69, 9.17) is 14.2 Å². The van der Waals surface area contributed by atoms with Crippen molar-refractivity contribution in [3.05, 3.63) is 62.9 Å². The van der Waals surface area contributed by atoms with Crippen molar-refractivity contribution >= 4 is 22.9 Å². The summed E-state index contributed by atoms with van der Waals surface area (Å²) in [4.78, 5) is 54.2. The number of amides is 1. The zero-order valence-electron chi connectivity index (χ0n) is 19.2. The number of nitrogens with one attached hydrogen (secondary N) is 1. The highest BCUT2D eigenvalue weighted by molar-refractivity contribution is 5.83. The number of hydrogen-bond donors (Lipinski definition) is 1. The van der Waals surface area contributed by atoms with E-state index >= 15 is 0 Å². The third kappa shape index (κ3) is 5.42. The van der Waals surface area contributed by atoms with Crippen molar-refractivity contribution in [3.63, 3.8) is 0 Å². The van der Waals surface area contributed by atoms with Crippen molar-refractivity contribution in [3.8, 4) is 11.5 Å². The van der Waals surface area contributed by atoms with Crippen molar-refractivity contribution in [1.82, 2.24) is 19.4 Å². The molecule has 1 amide bonds. The normalized spacial score (nSPS) is 10.7. The second-order valence-electron chi connectivity index (χ2n) is 7.22. The molecule has 2 heterocycles. The summed E-state index contributed by atoms with van der Waals surface area (Å²) in [6.07, 6.45) is 1.79. The number of hydrogen-bond acceptors (Lipinski definition) is 8. The molecule has 11 heteroatoms. The molecule has 0 aliphatic carbocycles. The highest BCUT2D eigenvalue weighted by Crippen LogP contribution is 2.27. The van der Waals surface area contributed by atoms with E-state index in [-0.39, 0.29) is 30.7 Å². The van der Waals surface area contributed by atoms with E-state index in [2.05, 4.69) is 10.3 Å². The number of aromatic nitrogens is 3. The van der Waals surface area contributed by atoms with Crippen LogP contribution in [0, 0.1) is 0 Å². The number of carbonyl (C=O) groups excluding carboxylic acids is 2. The second kappa shape index (κ2) is 11.1. The molecule has 3 aromatic rings. The Morgan fingerprint density at radius 3 is 2.53 bits per heavy atom. The maximum Gasteiger partial charge on any atom is 0.332 e. The number of rotatable bonds is 10. The lowest BCUT2D eigenvalue weighted by molar-refractivity contribution is -0.143. The molecule has 0 unspecified atom stereocenters. The summed E-state index contributed by atoms with van der Waals surface area (Å²) in [6.45, 7) is 1.19. The van der Waals surface area contributed by atoms with E-state index in [1.807, 2.05) is 6.07 Å². The number of methoxy groups -OCH3 is 2. The van der Waals surface area contributed by atoms with Gasteiger partial charge in [0.2, 0.25) is 5.91 Å². The van der Waals surface area contributed by atoms with Gasteiger partial charge in [0, 0.05) is 12.7 Å². The minimum atomic E-state index is -0.655. The van der Waals surface area contributed by atoms with Gasteiger partial charge in [-0.2, -0.15) is 0 Å². The fourth-order valence-corrected chi connectivity index (χ4v) is 3.45. The molecule has 1 aromatic carbocycles. The molecule has 1 N–H and O–H groups in total. The first-order valence-corrected chi connectivity index (χ1v) is 10.6. The maximum absolute atomic E-state index is 13.2. The van der Waals surface area contributed by atoms with Gasteiger partial charge in [0.05, 0.1) is 26.3 Å². The smallest absolute Gasteiger partial charge is 0.332 e. The molecule has 0 aliphatic heterocycles. The largest absolute Gasteiger partial charge is 0.493 e. The standard InChI is InChI=1S/C23H26N4O7/c1-4-34-20(29)13-25-19(28)14-27-16-6-5-10-24-21(16)22(30)26(23(27)31)11-9-15-7-8-17(32-2)18(12-15)33-3/h5-8,10,12H,4,9,11,13-14H2,1-3H3,(H,25,28). The van der Waals surface area contributed by atoms with Gasteiger partial charge in [-0.1, -0.05) is 6.07 Å². The lowest BCUT2D eigenvalue weighted by Crippen LogP contribution is -2.43. The highest BCUT2D eigenvalue weighted by Gasteiger charge is 2.17. The molecule has 0 saturated heterocycles. The number of fused-ring (bicyclic) bond motifs is 1. The minimum Gasteiger partial charge on any atom is -0.493 e. The molecule has 0 spiro atoms. The van der Waals surface area contributed by atoms with E-state index in [9.17, 15) is 19.2 Å². The quantitative estimate of drug-likeness (QED) is 0.424. The summed E-state index contributed by atoms with van der Waals surface area (Å²) in [7, 11) is 3.05. The van der Waals surface area contributed by atoms with E-state index in [0.717, 1.165) is 10.1 Å². The van der Waals surface area contributed by atoms with Gasteiger partial charge in [0.1, 0.15) is 13.1 Å². The van der Waals surface area contributed by atoms with Gasteiger partial charge in [-0.15, -0.1) is 0 Å². The van der Waals surface area contributed by atoms with Crippen molar-refractivity contribution < 1.29 is 23.8 Å². The van der Waals surface area contributed by atoms with Gasteiger partial charge in [0.15, 0.2) is 17.0 Å². The topological polar surface area (TPSA) is 131 Å². The summed E-state index contributed by atoms with van der Waals surface area (Å²) in [6, 6.07) is 8.44. The first-order valence-electron chi connectivity index (χ1n) is 10.6. The van der Waals surface area contributed by atoms with Crippen LogP contribution in [0.1, 0.15) is 12.5 Å². The van der Waals surface area contributed by atoms with Gasteiger partial charge in [-0.05, 0) is 43.2 Å². The number of carbonyl (C=O) groups is 2. The Balaban J connectivity index is 1.91. The highest BCUT2D eigenvalue weighted by atomic mass is 16.5. The van der Waals surface area contributed by atoms with Crippen LogP contribution in [0.15, 0.2) is 46.1 Å². The molecular weight excluding hydrogens is 444 g/mol. The minimum absolute atomic E-state index is 0.0596. The Bertz CT molecular complexity index is 1310. The third-order valence-corrected chi connectivity index (χ3v) is 5.10. The molecule has 2 aromatic heterocycles. The molecule has 3 rings (SSSR count). The molecule has 0 radical (unpaired) electrons. The SMILES string of the molecule is CCOC(=O)CNC(=O)Cn1c(=O)n(CCc2ccc(OC)c(OC)c2)c(=O)c2ncccc21. The van der Waals surface area contributed by atoms with Gasteiger partial charge >= 0.3 is 11.7 Å². The molecule has 0 atom stereocenters. The van der Waals surface area contributed by atoms with Crippen LogP contribution in [0.4, 0.5) is 0 Å². The van der Waals surface area contributed by atoms with Gasteiger partial charge in [0.25, 0.3) is 5.56 Å². The number of esters is 1. The summed E-state index contributed by atoms with van der Waals surface area (Å²) in [5.41, 5.74) is -0.0935. The zero-order valence-corrected chi connectivity index (χ0v) is 19.2. The summed E-state index contributed by atoms with van der Waals surface area (Å²) in [5, 5.41) is 2.42. The van der Waals surface area contributed by atoms with Crippen molar-refractivity contribution in [2.45, 2.75) is 26.4 Å². The van der Waals surface area contributed by atoms with Crippen LogP contribution in [0.3, 0.4) is 0 Å². The van der Waals surface area contributed by atoms with Crippen LogP contribution in [0.5, 0.6) is 11.5 Å². The molecule has 0 fully saturated rings. The Morgan fingerprint density at radius 2 is 1.82 bits per heavy atom. The number of nitrogens with zero attached hydrogens (tertiary/aromatic N) is 3. The van der Waals surface area contributed by atoms with E-state index in [0.29, 0.717) is 17.9 Å². The predicted molar refractivity (Wildman–Crippen MR) is 123 cm³/mol. The average Bonchev–Trinajstić information content (AvgIpc) is 2.85. The first kappa shape index (κ1) is 24.5. The average molecular weight is 470 g/mol. The van der Waals surface area contributed by atoms with Crippen LogP contribution < -0.4 is 26.0 Å². The number of ether oxygens (including phenoxy) is 3. The maximum atomic E-state index is 13.2. The summed E-state index contributed by atoms with van der Waals surface area (Å²) in [5.74, 6) is -0.0716. The Hall–Kier alpha value is -4.15. The van der Waals surface area contributed by atoms with Crippen LogP contribution in [0.25, 0.3) is 11.0 Å². The second-order valence-corrected chi connectivity index (χ2v) is 7.22. The molecule has 180 valence electrons. The first-order chi connectivity index (χ1) is 16.4. The van der Waals surface area contributed by atoms with Crippen LogP contribution >= 0.6 is 0 Å². The van der Waals surface area contributed by atoms with Crippen molar-refractivity contribution in [2.75, 3.05) is 27.4 Å². The number of benzene rings is 1. The van der Waals surface area contributed by atoms with Crippen molar-refractivity contribution in [2.24, 2.45) is 0 Å². The Morgan fingerprint density at radius 1 is 1.06 bits per heavy atom. The lowest BCUT2D eigenvalue weighted by atomic mass is 10.1. The molecule has 11 nitrogen and oxygen atoms in total. The summed E-state index contributed by atoms with van der Waals surface area (Å²) >= 11 is 0. The molecule has 0 bridgehead atoms. The number of aryl methyl sites for hydroxylation is 1. The lowest BCUT2D eigenvalue weighted by Gasteiger charge is -2.14. The molecule has 0 aliphatic rings. The van der Waals surface area contributed by atoms with Crippen LogP contribution in [-0.4, -0.2) is 53.4 Å². The van der Waals surface area contributed by atoms with Crippen molar-refractivity contribution in [1.29, 1.82) is 0 Å². The number of pyridine rings is 1. The van der Waals surface area contributed by atoms with Gasteiger partial charge in [-0.3, -0.25) is 23.5 Å². The van der Waals surface area contributed by atoms with E-state index in [1.54, 1.807) is 31.2 Å². The molecule has 0 saturated carbocycles. The van der Waals surface area contributed by atoms with E-state index in [1.165, 1.54) is 25.0 Å². The van der Waals surface area contributed by atoms with Crippen LogP contribution in [0.2, 0.25) is 0 Å². The van der Waals surface area contributed by atoms with E-state index < -0.39 is 29.7 Å². The zero-order chi connectivity index (χ0) is 24.7. The fraction of sp³-hybridized carbons (Fsp3) is 0.348.